The van der Waals surface area contributed by atoms with Gasteiger partial charge < -0.3 is 0 Å². The van der Waals surface area contributed by atoms with Crippen LogP contribution in [-0.2, 0) is 6.42 Å². The summed E-state index contributed by atoms with van der Waals surface area (Å²) >= 11 is 7.13. The molecule has 0 aliphatic rings. The molecule has 6 heteroatoms. The lowest BCUT2D eigenvalue weighted by molar-refractivity contribution is 0.0957. The third kappa shape index (κ3) is 3.03. The number of nitrogens with one attached hydrogen (secondary N) is 1. The molecule has 17 heavy (non-hydrogen) atoms. The molecule has 0 fully saturated rings. The van der Waals surface area contributed by atoms with Crippen LogP contribution in [0.4, 0.5) is 0 Å². The molecule has 2 rings (SSSR count). The fraction of sp³-hybridized carbons (Fsp3) is 0.0909. The second-order valence-corrected chi connectivity index (χ2v) is 4.95. The van der Waals surface area contributed by atoms with Crippen LogP contribution in [0.2, 0.25) is 5.02 Å². The zero-order valence-electron chi connectivity index (χ0n) is 8.81. The highest BCUT2D eigenvalue weighted by atomic mass is 35.5. The topological polar surface area (TPSA) is 68.0 Å². The van der Waals surface area contributed by atoms with Crippen molar-refractivity contribution in [1.82, 2.24) is 10.4 Å². The van der Waals surface area contributed by atoms with Gasteiger partial charge in [-0.05, 0) is 17.7 Å². The fourth-order valence-corrected chi connectivity index (χ4v) is 2.33. The molecule has 0 atom stereocenters. The summed E-state index contributed by atoms with van der Waals surface area (Å²) in [6.07, 6.45) is 2.21. The van der Waals surface area contributed by atoms with Crippen molar-refractivity contribution in [2.24, 2.45) is 5.84 Å². The Morgan fingerprint density at radius 2 is 2.12 bits per heavy atom. The van der Waals surface area contributed by atoms with E-state index in [0.29, 0.717) is 16.3 Å². The van der Waals surface area contributed by atoms with Crippen LogP contribution in [0.3, 0.4) is 0 Å². The van der Waals surface area contributed by atoms with Gasteiger partial charge in [-0.25, -0.2) is 10.8 Å². The van der Waals surface area contributed by atoms with Crippen LogP contribution in [0.5, 0.6) is 0 Å². The van der Waals surface area contributed by atoms with Gasteiger partial charge in [-0.15, -0.1) is 11.3 Å². The van der Waals surface area contributed by atoms with Crippen molar-refractivity contribution in [2.45, 2.75) is 6.42 Å². The Labute approximate surface area is 107 Å². The van der Waals surface area contributed by atoms with Crippen molar-refractivity contribution in [3.8, 4) is 0 Å². The lowest BCUT2D eigenvalue weighted by atomic mass is 10.2. The van der Waals surface area contributed by atoms with Crippen molar-refractivity contribution in [3.63, 3.8) is 0 Å². The van der Waals surface area contributed by atoms with E-state index in [1.807, 2.05) is 24.3 Å². The second-order valence-electron chi connectivity index (χ2n) is 3.39. The maximum Gasteiger partial charge on any atom is 0.276 e. The number of hydrazine groups is 1. The summed E-state index contributed by atoms with van der Waals surface area (Å²) in [5.41, 5.74) is 3.18. The number of carbonyl (C=O) groups excluding carboxylic acids is 1. The molecule has 0 radical (unpaired) electrons. The number of benzene rings is 1. The van der Waals surface area contributed by atoms with Crippen LogP contribution in [-0.4, -0.2) is 10.9 Å². The average Bonchev–Trinajstić information content (AvgIpc) is 2.80. The molecule has 0 spiro atoms. The van der Waals surface area contributed by atoms with E-state index in [1.54, 1.807) is 0 Å². The SMILES string of the molecule is NNC(=O)c1cnc(Cc2ccc(Cl)cc2)s1. The van der Waals surface area contributed by atoms with Crippen LogP contribution < -0.4 is 11.3 Å². The largest absolute Gasteiger partial charge is 0.289 e. The second kappa shape index (κ2) is 5.27. The Morgan fingerprint density at radius 1 is 1.41 bits per heavy atom. The van der Waals surface area contributed by atoms with E-state index in [2.05, 4.69) is 10.4 Å². The van der Waals surface area contributed by atoms with Crippen molar-refractivity contribution >= 4 is 28.8 Å². The maximum absolute atomic E-state index is 11.2. The molecule has 0 saturated heterocycles. The minimum Gasteiger partial charge on any atom is -0.289 e. The molecule has 0 aliphatic carbocycles. The number of halogens is 1. The van der Waals surface area contributed by atoms with Crippen molar-refractivity contribution in [3.05, 3.63) is 50.9 Å². The first-order valence-electron chi connectivity index (χ1n) is 4.89. The van der Waals surface area contributed by atoms with Crippen molar-refractivity contribution in [2.75, 3.05) is 0 Å². The van der Waals surface area contributed by atoms with Crippen LogP contribution in [0, 0.1) is 0 Å². The number of nitrogens with zero attached hydrogens (tertiary/aromatic N) is 1. The molecule has 0 unspecified atom stereocenters. The van der Waals surface area contributed by atoms with E-state index in [-0.39, 0.29) is 5.91 Å². The number of carbonyl (C=O) groups is 1. The predicted molar refractivity (Wildman–Crippen MR) is 68.0 cm³/mol. The summed E-state index contributed by atoms with van der Waals surface area (Å²) in [6.45, 7) is 0. The Morgan fingerprint density at radius 3 is 2.76 bits per heavy atom. The molecule has 0 bridgehead atoms. The molecule has 1 amide bonds. The maximum atomic E-state index is 11.2. The fourth-order valence-electron chi connectivity index (χ4n) is 1.34. The van der Waals surface area contributed by atoms with Gasteiger partial charge in [0.15, 0.2) is 0 Å². The van der Waals surface area contributed by atoms with Crippen LogP contribution in [0.1, 0.15) is 20.2 Å². The number of amides is 1. The van der Waals surface area contributed by atoms with Gasteiger partial charge >= 0.3 is 0 Å². The molecular weight excluding hydrogens is 258 g/mol. The highest BCUT2D eigenvalue weighted by Gasteiger charge is 2.09. The summed E-state index contributed by atoms with van der Waals surface area (Å²) < 4.78 is 0. The lowest BCUT2D eigenvalue weighted by Gasteiger charge is -1.97. The van der Waals surface area contributed by atoms with Gasteiger partial charge in [-0.2, -0.15) is 0 Å². The molecule has 0 saturated carbocycles. The quantitative estimate of drug-likeness (QED) is 0.508. The molecule has 4 nitrogen and oxygen atoms in total. The average molecular weight is 268 g/mol. The minimum atomic E-state index is -0.315. The monoisotopic (exact) mass is 267 g/mol. The third-order valence-corrected chi connectivity index (χ3v) is 3.43. The zero-order chi connectivity index (χ0) is 12.3. The van der Waals surface area contributed by atoms with Gasteiger partial charge in [0, 0.05) is 11.4 Å². The summed E-state index contributed by atoms with van der Waals surface area (Å²) in [7, 11) is 0. The number of thiazole rings is 1. The van der Waals surface area contributed by atoms with E-state index in [1.165, 1.54) is 17.5 Å². The summed E-state index contributed by atoms with van der Waals surface area (Å²) in [5.74, 6) is 4.73. The number of nitrogen functional groups attached to an aromatic ring is 1. The molecule has 88 valence electrons. The van der Waals surface area contributed by atoms with Gasteiger partial charge in [0.2, 0.25) is 0 Å². The van der Waals surface area contributed by atoms with Gasteiger partial charge in [-0.1, -0.05) is 23.7 Å². The first-order valence-corrected chi connectivity index (χ1v) is 6.08. The number of hydrogen-bond donors (Lipinski definition) is 2. The highest BCUT2D eigenvalue weighted by molar-refractivity contribution is 7.13. The molecular formula is C11H10ClN3OS. The van der Waals surface area contributed by atoms with E-state index in [9.17, 15) is 4.79 Å². The summed E-state index contributed by atoms with van der Waals surface area (Å²) in [4.78, 5) is 15.9. The van der Waals surface area contributed by atoms with E-state index < -0.39 is 0 Å². The Hall–Kier alpha value is -1.43. The van der Waals surface area contributed by atoms with Crippen molar-refractivity contribution in [1.29, 1.82) is 0 Å². The summed E-state index contributed by atoms with van der Waals surface area (Å²) in [6, 6.07) is 7.54. The first-order chi connectivity index (χ1) is 8.19. The van der Waals surface area contributed by atoms with E-state index in [0.717, 1.165) is 10.6 Å². The predicted octanol–water partition coefficient (Wildman–Crippen LogP) is 1.99. The minimum absolute atomic E-state index is 0.315. The molecule has 1 aromatic carbocycles. The first kappa shape index (κ1) is 12.0. The van der Waals surface area contributed by atoms with Crippen LogP contribution >= 0.6 is 22.9 Å². The van der Waals surface area contributed by atoms with Gasteiger partial charge in [0.1, 0.15) is 4.88 Å². The number of nitrogens with two attached hydrogens (primary N) is 1. The molecule has 0 aliphatic heterocycles. The Kier molecular flexibility index (Phi) is 3.73. The van der Waals surface area contributed by atoms with Gasteiger partial charge in [0.05, 0.1) is 11.2 Å². The number of rotatable bonds is 3. The van der Waals surface area contributed by atoms with Crippen LogP contribution in [0.25, 0.3) is 0 Å². The van der Waals surface area contributed by atoms with E-state index >= 15 is 0 Å². The van der Waals surface area contributed by atoms with Crippen molar-refractivity contribution < 1.29 is 4.79 Å². The highest BCUT2D eigenvalue weighted by Crippen LogP contribution is 2.18. The van der Waals surface area contributed by atoms with Crippen LogP contribution in [0.15, 0.2) is 30.5 Å². The summed E-state index contributed by atoms with van der Waals surface area (Å²) in [5, 5.41) is 1.57. The molecule has 2 aromatic rings. The molecule has 1 aromatic heterocycles. The lowest BCUT2D eigenvalue weighted by Crippen LogP contribution is -2.29. The Bertz CT molecular complexity index is 524. The number of aromatic nitrogens is 1. The number of hydrogen-bond acceptors (Lipinski definition) is 4. The molecule has 1 heterocycles. The third-order valence-electron chi connectivity index (χ3n) is 2.18. The van der Waals surface area contributed by atoms with E-state index in [4.69, 9.17) is 17.4 Å². The normalized spacial score (nSPS) is 10.2. The molecule has 3 N–H and O–H groups in total. The van der Waals surface area contributed by atoms with Gasteiger partial charge in [-0.3, -0.25) is 10.2 Å². The standard InChI is InChI=1S/C11H10ClN3OS/c12-8-3-1-7(2-4-8)5-10-14-6-9(17-10)11(16)15-13/h1-4,6H,5,13H2,(H,15,16). The zero-order valence-corrected chi connectivity index (χ0v) is 10.4. The smallest absolute Gasteiger partial charge is 0.276 e. The van der Waals surface area contributed by atoms with Gasteiger partial charge in [0.25, 0.3) is 5.91 Å². The Balaban J connectivity index is 2.11.